The van der Waals surface area contributed by atoms with Crippen LogP contribution in [-0.2, 0) is 10.0 Å². The maximum Gasteiger partial charge on any atom is 0.244 e. The molecule has 0 aliphatic heterocycles. The van der Waals surface area contributed by atoms with Gasteiger partial charge in [-0.25, -0.2) is 17.7 Å². The highest BCUT2D eigenvalue weighted by molar-refractivity contribution is 7.89. The SMILES string of the molecule is CC(C)NCCCOc1ccc(S(=O)(=O)N(C)C)cn1. The van der Waals surface area contributed by atoms with Gasteiger partial charge in [-0.3, -0.25) is 0 Å². The molecule has 0 bridgehead atoms. The van der Waals surface area contributed by atoms with Gasteiger partial charge < -0.3 is 10.1 Å². The van der Waals surface area contributed by atoms with Gasteiger partial charge in [0.1, 0.15) is 4.90 Å². The maximum absolute atomic E-state index is 11.8. The van der Waals surface area contributed by atoms with E-state index in [9.17, 15) is 8.42 Å². The summed E-state index contributed by atoms with van der Waals surface area (Å²) in [6.45, 7) is 5.61. The Morgan fingerprint density at radius 2 is 2.05 bits per heavy atom. The highest BCUT2D eigenvalue weighted by Gasteiger charge is 2.17. The second-order valence-electron chi connectivity index (χ2n) is 4.93. The van der Waals surface area contributed by atoms with Gasteiger partial charge in [-0.2, -0.15) is 0 Å². The van der Waals surface area contributed by atoms with Crippen molar-refractivity contribution in [3.8, 4) is 5.88 Å². The lowest BCUT2D eigenvalue weighted by Gasteiger charge is -2.11. The lowest BCUT2D eigenvalue weighted by Crippen LogP contribution is -2.24. The van der Waals surface area contributed by atoms with Crippen LogP contribution in [0, 0.1) is 0 Å². The van der Waals surface area contributed by atoms with Crippen molar-refractivity contribution in [2.75, 3.05) is 27.2 Å². The fourth-order valence-corrected chi connectivity index (χ4v) is 2.30. The maximum atomic E-state index is 11.8. The Bertz CT molecular complexity index is 498. The van der Waals surface area contributed by atoms with Gasteiger partial charge in [-0.05, 0) is 19.0 Å². The van der Waals surface area contributed by atoms with Gasteiger partial charge in [0.05, 0.1) is 12.8 Å². The van der Waals surface area contributed by atoms with E-state index in [0.29, 0.717) is 18.5 Å². The van der Waals surface area contributed by atoms with Crippen molar-refractivity contribution in [1.82, 2.24) is 14.6 Å². The highest BCUT2D eigenvalue weighted by atomic mass is 32.2. The Balaban J connectivity index is 2.48. The van der Waals surface area contributed by atoms with E-state index in [2.05, 4.69) is 24.1 Å². The fourth-order valence-electron chi connectivity index (χ4n) is 1.46. The van der Waals surface area contributed by atoms with Crippen LogP contribution >= 0.6 is 0 Å². The Morgan fingerprint density at radius 1 is 1.35 bits per heavy atom. The van der Waals surface area contributed by atoms with E-state index in [-0.39, 0.29) is 4.90 Å². The summed E-state index contributed by atoms with van der Waals surface area (Å²) in [6.07, 6.45) is 2.19. The first-order valence-electron chi connectivity index (χ1n) is 6.59. The first-order valence-corrected chi connectivity index (χ1v) is 8.03. The number of aromatic nitrogens is 1. The number of hydrogen-bond donors (Lipinski definition) is 1. The average Bonchev–Trinajstić information content (AvgIpc) is 2.38. The highest BCUT2D eigenvalue weighted by Crippen LogP contribution is 2.15. The summed E-state index contributed by atoms with van der Waals surface area (Å²) < 4.78 is 30.3. The van der Waals surface area contributed by atoms with Gasteiger partial charge in [0, 0.05) is 26.2 Å². The first-order chi connectivity index (χ1) is 9.34. The summed E-state index contributed by atoms with van der Waals surface area (Å²) in [5, 5.41) is 3.29. The van der Waals surface area contributed by atoms with Gasteiger partial charge in [0.2, 0.25) is 15.9 Å². The second kappa shape index (κ2) is 7.56. The third kappa shape index (κ3) is 5.07. The summed E-state index contributed by atoms with van der Waals surface area (Å²) >= 11 is 0. The molecular weight excluding hydrogens is 278 g/mol. The molecule has 1 heterocycles. The van der Waals surface area contributed by atoms with Crippen LogP contribution in [0.5, 0.6) is 5.88 Å². The van der Waals surface area contributed by atoms with Crippen LogP contribution in [-0.4, -0.2) is 51.0 Å². The number of sulfonamides is 1. The molecule has 0 atom stereocenters. The molecule has 0 unspecified atom stereocenters. The van der Waals surface area contributed by atoms with Crippen LogP contribution in [0.1, 0.15) is 20.3 Å². The Hall–Kier alpha value is -1.18. The molecule has 0 aliphatic rings. The molecule has 1 rings (SSSR count). The predicted molar refractivity (Wildman–Crippen MR) is 78.4 cm³/mol. The second-order valence-corrected chi connectivity index (χ2v) is 7.08. The minimum atomic E-state index is -3.43. The molecule has 7 heteroatoms. The van der Waals surface area contributed by atoms with Crippen LogP contribution in [0.4, 0.5) is 0 Å². The van der Waals surface area contributed by atoms with Gasteiger partial charge in [-0.15, -0.1) is 0 Å². The minimum absolute atomic E-state index is 0.163. The van der Waals surface area contributed by atoms with E-state index in [1.807, 2.05) is 0 Å². The minimum Gasteiger partial charge on any atom is -0.478 e. The first kappa shape index (κ1) is 16.9. The molecule has 114 valence electrons. The summed E-state index contributed by atoms with van der Waals surface area (Å²) in [6, 6.07) is 3.54. The van der Waals surface area contributed by atoms with E-state index in [1.54, 1.807) is 6.07 Å². The van der Waals surface area contributed by atoms with Crippen molar-refractivity contribution in [2.24, 2.45) is 0 Å². The molecule has 0 aliphatic carbocycles. The lowest BCUT2D eigenvalue weighted by atomic mass is 10.3. The smallest absolute Gasteiger partial charge is 0.244 e. The standard InChI is InChI=1S/C13H23N3O3S/c1-11(2)14-8-5-9-19-13-7-6-12(10-15-13)20(17,18)16(3)4/h6-7,10-11,14H,5,8-9H2,1-4H3. The van der Waals surface area contributed by atoms with Crippen molar-refractivity contribution in [3.63, 3.8) is 0 Å². The van der Waals surface area contributed by atoms with E-state index >= 15 is 0 Å². The predicted octanol–water partition coefficient (Wildman–Crippen LogP) is 1.10. The molecule has 0 spiro atoms. The third-order valence-corrected chi connectivity index (χ3v) is 4.41. The van der Waals surface area contributed by atoms with E-state index < -0.39 is 10.0 Å². The average molecular weight is 301 g/mol. The lowest BCUT2D eigenvalue weighted by molar-refractivity contribution is 0.294. The number of rotatable bonds is 8. The molecule has 1 aromatic rings. The molecule has 0 aromatic carbocycles. The Kier molecular flexibility index (Phi) is 6.38. The van der Waals surface area contributed by atoms with Crippen LogP contribution < -0.4 is 10.1 Å². The number of hydrogen-bond acceptors (Lipinski definition) is 5. The quantitative estimate of drug-likeness (QED) is 0.728. The molecule has 0 saturated carbocycles. The molecular formula is C13H23N3O3S. The van der Waals surface area contributed by atoms with Crippen LogP contribution in [0.25, 0.3) is 0 Å². The van der Waals surface area contributed by atoms with Crippen molar-refractivity contribution in [3.05, 3.63) is 18.3 Å². The summed E-state index contributed by atoms with van der Waals surface area (Å²) in [5.41, 5.74) is 0. The fraction of sp³-hybridized carbons (Fsp3) is 0.615. The molecule has 0 amide bonds. The van der Waals surface area contributed by atoms with E-state index in [1.165, 1.54) is 26.4 Å². The Labute approximate surface area is 121 Å². The van der Waals surface area contributed by atoms with Gasteiger partial charge in [0.25, 0.3) is 0 Å². The molecule has 0 saturated heterocycles. The Morgan fingerprint density at radius 3 is 2.55 bits per heavy atom. The normalized spacial score (nSPS) is 12.1. The van der Waals surface area contributed by atoms with Crippen molar-refractivity contribution in [1.29, 1.82) is 0 Å². The number of pyridine rings is 1. The number of nitrogens with zero attached hydrogens (tertiary/aromatic N) is 2. The molecule has 0 radical (unpaired) electrons. The number of nitrogens with one attached hydrogen (secondary N) is 1. The van der Waals surface area contributed by atoms with Crippen molar-refractivity contribution in [2.45, 2.75) is 31.2 Å². The van der Waals surface area contributed by atoms with Gasteiger partial charge >= 0.3 is 0 Å². The van der Waals surface area contributed by atoms with Crippen LogP contribution in [0.3, 0.4) is 0 Å². The van der Waals surface area contributed by atoms with Crippen LogP contribution in [0.15, 0.2) is 23.2 Å². The van der Waals surface area contributed by atoms with Crippen molar-refractivity contribution >= 4 is 10.0 Å². The molecule has 6 nitrogen and oxygen atoms in total. The largest absolute Gasteiger partial charge is 0.478 e. The van der Waals surface area contributed by atoms with E-state index in [0.717, 1.165) is 17.3 Å². The number of ether oxygens (including phenoxy) is 1. The zero-order chi connectivity index (χ0) is 15.2. The molecule has 0 fully saturated rings. The monoisotopic (exact) mass is 301 g/mol. The molecule has 1 N–H and O–H groups in total. The van der Waals surface area contributed by atoms with Gasteiger partial charge in [0.15, 0.2) is 0 Å². The van der Waals surface area contributed by atoms with Crippen LogP contribution in [0.2, 0.25) is 0 Å². The zero-order valence-electron chi connectivity index (χ0n) is 12.5. The molecule has 1 aromatic heterocycles. The van der Waals surface area contributed by atoms with E-state index in [4.69, 9.17) is 4.74 Å². The van der Waals surface area contributed by atoms with Gasteiger partial charge in [-0.1, -0.05) is 13.8 Å². The summed E-state index contributed by atoms with van der Waals surface area (Å²) in [7, 11) is -0.452. The summed E-state index contributed by atoms with van der Waals surface area (Å²) in [5.74, 6) is 0.437. The third-order valence-electron chi connectivity index (χ3n) is 2.61. The van der Waals surface area contributed by atoms with Crippen molar-refractivity contribution < 1.29 is 13.2 Å². The summed E-state index contributed by atoms with van der Waals surface area (Å²) in [4.78, 5) is 4.17. The topological polar surface area (TPSA) is 71.5 Å². The molecule has 20 heavy (non-hydrogen) atoms. The zero-order valence-corrected chi connectivity index (χ0v) is 13.3.